The van der Waals surface area contributed by atoms with Crippen molar-refractivity contribution in [1.29, 1.82) is 0 Å². The van der Waals surface area contributed by atoms with E-state index < -0.39 is 23.3 Å². The molecule has 0 aliphatic heterocycles. The summed E-state index contributed by atoms with van der Waals surface area (Å²) in [6.07, 6.45) is 8.84. The highest BCUT2D eigenvalue weighted by atomic mass is 19.2. The molecule has 2 aromatic carbocycles. The van der Waals surface area contributed by atoms with Gasteiger partial charge in [-0.15, -0.1) is 0 Å². The van der Waals surface area contributed by atoms with E-state index in [1.165, 1.54) is 11.1 Å². The second-order valence-electron chi connectivity index (χ2n) is 9.74. The van der Waals surface area contributed by atoms with Crippen molar-refractivity contribution in [2.75, 3.05) is 0 Å². The fraction of sp³-hybridized carbons (Fsp3) is 0.517. The molecule has 0 radical (unpaired) electrons. The minimum Gasteiger partial charge on any atom is -0.203 e. The summed E-state index contributed by atoms with van der Waals surface area (Å²) in [4.78, 5) is 0. The number of aryl methyl sites for hydroxylation is 2. The van der Waals surface area contributed by atoms with E-state index in [0.29, 0.717) is 35.1 Å². The lowest BCUT2D eigenvalue weighted by Gasteiger charge is -2.31. The molecular weight excluding hydrogens is 424 g/mol. The smallest absolute Gasteiger partial charge is 0.162 e. The van der Waals surface area contributed by atoms with Gasteiger partial charge in [0.05, 0.1) is 0 Å². The molecule has 178 valence electrons. The number of rotatable bonds is 5. The number of halogens is 4. The third kappa shape index (κ3) is 4.90. The van der Waals surface area contributed by atoms with Crippen molar-refractivity contribution in [3.8, 4) is 0 Å². The van der Waals surface area contributed by atoms with E-state index in [0.717, 1.165) is 57.8 Å². The summed E-state index contributed by atoms with van der Waals surface area (Å²) < 4.78 is 57.9. The van der Waals surface area contributed by atoms with Gasteiger partial charge in [-0.1, -0.05) is 55.7 Å². The number of hydrogen-bond donors (Lipinski definition) is 0. The Morgan fingerprint density at radius 1 is 0.606 bits per heavy atom. The lowest BCUT2D eigenvalue weighted by atomic mass is 9.75. The van der Waals surface area contributed by atoms with E-state index in [9.17, 15) is 17.6 Å². The Bertz CT molecular complexity index is 1020. The topological polar surface area (TPSA) is 0 Å². The Hall–Kier alpha value is -2.10. The molecule has 33 heavy (non-hydrogen) atoms. The van der Waals surface area contributed by atoms with Gasteiger partial charge in [0, 0.05) is 0 Å². The van der Waals surface area contributed by atoms with Crippen molar-refractivity contribution < 1.29 is 17.6 Å². The van der Waals surface area contributed by atoms with Crippen LogP contribution in [-0.4, -0.2) is 0 Å². The molecule has 4 rings (SSSR count). The average Bonchev–Trinajstić information content (AvgIpc) is 2.84. The van der Waals surface area contributed by atoms with Crippen molar-refractivity contribution in [2.24, 2.45) is 0 Å². The number of allylic oxidation sites excluding steroid dienone is 2. The molecule has 0 spiro atoms. The van der Waals surface area contributed by atoms with Crippen LogP contribution < -0.4 is 0 Å². The maximum atomic E-state index is 14.7. The second-order valence-corrected chi connectivity index (χ2v) is 9.74. The molecule has 0 saturated heterocycles. The summed E-state index contributed by atoms with van der Waals surface area (Å²) in [5.74, 6) is -2.58. The van der Waals surface area contributed by atoms with Crippen LogP contribution in [0.4, 0.5) is 17.6 Å². The van der Waals surface area contributed by atoms with Crippen LogP contribution in [0.25, 0.3) is 0 Å². The van der Waals surface area contributed by atoms with Crippen LogP contribution in [0.1, 0.15) is 106 Å². The van der Waals surface area contributed by atoms with Crippen LogP contribution in [0, 0.1) is 23.3 Å². The Balaban J connectivity index is 1.39. The molecule has 2 aromatic rings. The van der Waals surface area contributed by atoms with E-state index in [1.807, 2.05) is 13.8 Å². The van der Waals surface area contributed by atoms with Crippen molar-refractivity contribution in [3.05, 3.63) is 80.9 Å². The Kier molecular flexibility index (Phi) is 7.61. The van der Waals surface area contributed by atoms with Gasteiger partial charge < -0.3 is 0 Å². The molecule has 0 bridgehead atoms. The van der Waals surface area contributed by atoms with Crippen LogP contribution in [0.2, 0.25) is 0 Å². The first-order valence-electron chi connectivity index (χ1n) is 12.6. The van der Waals surface area contributed by atoms with E-state index >= 15 is 0 Å². The summed E-state index contributed by atoms with van der Waals surface area (Å²) in [5, 5.41) is 0. The highest BCUT2D eigenvalue weighted by Gasteiger charge is 2.28. The highest BCUT2D eigenvalue weighted by Crippen LogP contribution is 2.43. The van der Waals surface area contributed by atoms with E-state index in [2.05, 4.69) is 0 Å². The summed E-state index contributed by atoms with van der Waals surface area (Å²) in [7, 11) is 0. The first-order chi connectivity index (χ1) is 15.9. The third-order valence-corrected chi connectivity index (χ3v) is 7.84. The minimum atomic E-state index is -0.691. The van der Waals surface area contributed by atoms with Gasteiger partial charge in [0.2, 0.25) is 0 Å². The molecule has 2 aliphatic carbocycles. The van der Waals surface area contributed by atoms with Crippen LogP contribution >= 0.6 is 0 Å². The monoisotopic (exact) mass is 458 g/mol. The van der Waals surface area contributed by atoms with Crippen LogP contribution in [0.5, 0.6) is 0 Å². The van der Waals surface area contributed by atoms with Crippen LogP contribution in [-0.2, 0) is 12.8 Å². The zero-order chi connectivity index (χ0) is 23.5. The SMILES string of the molecule is CCCc1ccc(C2CCC(=C3CCC(c4ccc(CC)c(F)c4F)CC3)CC2)c(F)c1F. The largest absolute Gasteiger partial charge is 0.203 e. The zero-order valence-electron chi connectivity index (χ0n) is 19.8. The molecule has 0 amide bonds. The van der Waals surface area contributed by atoms with Gasteiger partial charge in [-0.25, -0.2) is 17.6 Å². The standard InChI is InChI=1S/C29H34F4/c1-3-5-23-15-17-25(29(33)27(23)31)22-12-8-20(9-13-22)19-6-10-21(11-7-19)24-16-14-18(4-2)26(30)28(24)32/h14-17,21-22H,3-13H2,1-2H3. The first-order valence-corrected chi connectivity index (χ1v) is 12.6. The fourth-order valence-electron chi connectivity index (χ4n) is 5.84. The van der Waals surface area contributed by atoms with Gasteiger partial charge in [-0.05, 0) is 98.3 Å². The number of hydrogen-bond acceptors (Lipinski definition) is 0. The molecule has 2 aliphatic rings. The van der Waals surface area contributed by atoms with Gasteiger partial charge in [-0.2, -0.15) is 0 Å². The Labute approximate surface area is 195 Å². The summed E-state index contributed by atoms with van der Waals surface area (Å²) in [6.45, 7) is 3.80. The lowest BCUT2D eigenvalue weighted by molar-refractivity contribution is 0.435. The Morgan fingerprint density at radius 2 is 1.03 bits per heavy atom. The minimum absolute atomic E-state index is 0.0600. The summed E-state index contributed by atoms with van der Waals surface area (Å²) >= 11 is 0. The van der Waals surface area contributed by atoms with E-state index in [-0.39, 0.29) is 11.8 Å². The van der Waals surface area contributed by atoms with E-state index in [4.69, 9.17) is 0 Å². The fourth-order valence-corrected chi connectivity index (χ4v) is 5.84. The Morgan fingerprint density at radius 3 is 1.45 bits per heavy atom. The van der Waals surface area contributed by atoms with Crippen molar-refractivity contribution in [3.63, 3.8) is 0 Å². The molecule has 0 unspecified atom stereocenters. The normalized spacial score (nSPS) is 21.5. The number of benzene rings is 2. The van der Waals surface area contributed by atoms with Crippen molar-refractivity contribution in [1.82, 2.24) is 0 Å². The predicted molar refractivity (Wildman–Crippen MR) is 126 cm³/mol. The molecule has 0 N–H and O–H groups in total. The molecule has 0 atom stereocenters. The van der Waals surface area contributed by atoms with Crippen molar-refractivity contribution in [2.45, 2.75) is 96.3 Å². The van der Waals surface area contributed by atoms with Crippen molar-refractivity contribution >= 4 is 0 Å². The van der Waals surface area contributed by atoms with Gasteiger partial charge >= 0.3 is 0 Å². The third-order valence-electron chi connectivity index (χ3n) is 7.84. The summed E-state index contributed by atoms with van der Waals surface area (Å²) in [5.41, 5.74) is 4.83. The van der Waals surface area contributed by atoms with Crippen LogP contribution in [0.15, 0.2) is 35.4 Å². The van der Waals surface area contributed by atoms with Gasteiger partial charge in [0.15, 0.2) is 23.3 Å². The molecule has 4 heteroatoms. The van der Waals surface area contributed by atoms with Crippen LogP contribution in [0.3, 0.4) is 0 Å². The van der Waals surface area contributed by atoms with E-state index in [1.54, 1.807) is 24.3 Å². The summed E-state index contributed by atoms with van der Waals surface area (Å²) in [6, 6.07) is 7.03. The highest BCUT2D eigenvalue weighted by molar-refractivity contribution is 5.33. The quantitative estimate of drug-likeness (QED) is 0.310. The second kappa shape index (κ2) is 10.4. The van der Waals surface area contributed by atoms with Gasteiger partial charge in [0.1, 0.15) is 0 Å². The maximum absolute atomic E-state index is 14.7. The van der Waals surface area contributed by atoms with Gasteiger partial charge in [-0.3, -0.25) is 0 Å². The lowest BCUT2D eigenvalue weighted by Crippen LogP contribution is -2.14. The first kappa shape index (κ1) is 24.0. The molecule has 0 nitrogen and oxygen atoms in total. The zero-order valence-corrected chi connectivity index (χ0v) is 19.8. The molecule has 2 fully saturated rings. The predicted octanol–water partition coefficient (Wildman–Crippen LogP) is 9.07. The molecular formula is C29H34F4. The van der Waals surface area contributed by atoms with Gasteiger partial charge in [0.25, 0.3) is 0 Å². The maximum Gasteiger partial charge on any atom is 0.162 e. The average molecular weight is 459 g/mol. The molecule has 0 heterocycles. The molecule has 0 aromatic heterocycles. The molecule has 2 saturated carbocycles.